The van der Waals surface area contributed by atoms with Gasteiger partial charge in [-0.15, -0.1) is 0 Å². The maximum Gasteiger partial charge on any atom is 0.333 e. The minimum Gasteiger partial charge on any atom is -0.457 e. The summed E-state index contributed by atoms with van der Waals surface area (Å²) in [5.74, 6) is 2.98. The first-order valence-corrected chi connectivity index (χ1v) is 10.5. The van der Waals surface area contributed by atoms with E-state index in [-0.39, 0.29) is 12.1 Å². The fourth-order valence-electron chi connectivity index (χ4n) is 6.31. The highest BCUT2D eigenvalue weighted by Crippen LogP contribution is 2.67. The Bertz CT molecular complexity index is 658. The number of hydrogen-bond donors (Lipinski definition) is 1. The van der Waals surface area contributed by atoms with Crippen molar-refractivity contribution in [2.75, 3.05) is 6.26 Å². The quantitative estimate of drug-likeness (QED) is 0.481. The molecule has 4 aliphatic rings. The minimum atomic E-state index is -3.32. The number of nitrogens with one attached hydrogen (secondary N) is 1. The van der Waals surface area contributed by atoms with Crippen LogP contribution in [0.25, 0.3) is 0 Å². The molecule has 0 spiro atoms. The van der Waals surface area contributed by atoms with Crippen LogP contribution in [0.5, 0.6) is 0 Å². The van der Waals surface area contributed by atoms with Crippen molar-refractivity contribution in [3.63, 3.8) is 0 Å². The van der Waals surface area contributed by atoms with Crippen molar-refractivity contribution >= 4 is 16.0 Å². The second kappa shape index (κ2) is 5.06. The van der Waals surface area contributed by atoms with Crippen LogP contribution in [0.4, 0.5) is 0 Å². The molecule has 4 saturated carbocycles. The smallest absolute Gasteiger partial charge is 0.333 e. The van der Waals surface area contributed by atoms with Gasteiger partial charge in [-0.2, -0.15) is 0 Å². The molecule has 6 heteroatoms. The fourth-order valence-corrected chi connectivity index (χ4v) is 7.12. The molecule has 0 aliphatic heterocycles. The Morgan fingerprint density at radius 3 is 2.30 bits per heavy atom. The molecule has 23 heavy (non-hydrogen) atoms. The Morgan fingerprint density at radius 1 is 1.13 bits per heavy atom. The second-order valence-corrected chi connectivity index (χ2v) is 9.90. The molecule has 4 bridgehead atoms. The van der Waals surface area contributed by atoms with Crippen LogP contribution in [0.1, 0.15) is 32.6 Å². The molecule has 0 aromatic heterocycles. The van der Waals surface area contributed by atoms with Gasteiger partial charge in [0.1, 0.15) is 6.10 Å². The van der Waals surface area contributed by atoms with Gasteiger partial charge in [0.15, 0.2) is 0 Å². The molecule has 5 nitrogen and oxygen atoms in total. The van der Waals surface area contributed by atoms with Gasteiger partial charge in [0.05, 0.1) is 12.3 Å². The highest BCUT2D eigenvalue weighted by molar-refractivity contribution is 7.88. The summed E-state index contributed by atoms with van der Waals surface area (Å²) in [4.78, 5) is 12.0. The van der Waals surface area contributed by atoms with Crippen LogP contribution in [-0.2, 0) is 19.6 Å². The highest BCUT2D eigenvalue weighted by Gasteiger charge is 2.67. The van der Waals surface area contributed by atoms with Crippen molar-refractivity contribution in [3.05, 3.63) is 12.2 Å². The Balaban J connectivity index is 1.63. The van der Waals surface area contributed by atoms with Crippen LogP contribution >= 0.6 is 0 Å². The Labute approximate surface area is 137 Å². The third-order valence-electron chi connectivity index (χ3n) is 6.76. The van der Waals surface area contributed by atoms with Gasteiger partial charge in [0, 0.05) is 11.5 Å². The summed E-state index contributed by atoms with van der Waals surface area (Å²) in [7, 11) is -3.32. The first-order chi connectivity index (χ1) is 10.8. The van der Waals surface area contributed by atoms with Crippen molar-refractivity contribution in [2.45, 2.75) is 44.8 Å². The van der Waals surface area contributed by atoms with Gasteiger partial charge >= 0.3 is 5.97 Å². The van der Waals surface area contributed by atoms with E-state index in [9.17, 15) is 13.2 Å². The topological polar surface area (TPSA) is 72.5 Å². The van der Waals surface area contributed by atoms with Gasteiger partial charge in [-0.3, -0.25) is 0 Å². The van der Waals surface area contributed by atoms with Gasteiger partial charge in [0.25, 0.3) is 0 Å². The number of hydrogen-bond acceptors (Lipinski definition) is 4. The van der Waals surface area contributed by atoms with Crippen LogP contribution < -0.4 is 4.72 Å². The SMILES string of the molecule is C=C(C)C(=O)OC1C2CC(C1NS(C)(=O)=O)C1C3CCC(C3)C21. The minimum absolute atomic E-state index is 0.265. The van der Waals surface area contributed by atoms with E-state index in [4.69, 9.17) is 4.74 Å². The summed E-state index contributed by atoms with van der Waals surface area (Å²) in [6, 6.07) is -0.265. The Morgan fingerprint density at radius 2 is 1.74 bits per heavy atom. The number of sulfonamides is 1. The summed E-state index contributed by atoms with van der Waals surface area (Å²) in [6.45, 7) is 5.28. The maximum absolute atomic E-state index is 12.0. The lowest BCUT2D eigenvalue weighted by atomic mass is 9.68. The standard InChI is InChI=1S/C17H25NO4S/c1-8(2)17(19)22-16-12-7-11(15(16)18-23(3,20)21)13-9-4-5-10(6-9)14(12)13/h9-16,18H,1,4-7H2,2-3H3. The molecular formula is C17H25NO4S. The normalized spacial score (nSPS) is 46.9. The molecule has 8 unspecified atom stereocenters. The number of carbonyl (C=O) groups excluding carboxylic acids is 1. The van der Waals surface area contributed by atoms with Crippen molar-refractivity contribution in [1.29, 1.82) is 0 Å². The first-order valence-electron chi connectivity index (χ1n) is 8.60. The van der Waals surface area contributed by atoms with Crippen LogP contribution in [-0.4, -0.2) is 32.8 Å². The van der Waals surface area contributed by atoms with Crippen LogP contribution in [0.15, 0.2) is 12.2 Å². The summed E-state index contributed by atoms with van der Waals surface area (Å²) in [6.07, 6.45) is 5.71. The van der Waals surface area contributed by atoms with Crippen molar-refractivity contribution in [2.24, 2.45) is 35.5 Å². The maximum atomic E-state index is 12.0. The molecule has 0 heterocycles. The zero-order valence-corrected chi connectivity index (χ0v) is 14.5. The highest BCUT2D eigenvalue weighted by atomic mass is 32.2. The lowest BCUT2D eigenvalue weighted by Gasteiger charge is -2.42. The number of rotatable bonds is 4. The average Bonchev–Trinajstić information content (AvgIpc) is 3.15. The summed E-state index contributed by atoms with van der Waals surface area (Å²) in [5, 5.41) is 0. The second-order valence-electron chi connectivity index (χ2n) is 8.12. The Hall–Kier alpha value is -0.880. The Kier molecular flexibility index (Phi) is 3.44. The molecular weight excluding hydrogens is 314 g/mol. The third-order valence-corrected chi connectivity index (χ3v) is 7.46. The summed E-state index contributed by atoms with van der Waals surface area (Å²) >= 11 is 0. The van der Waals surface area contributed by atoms with Crippen LogP contribution in [0.2, 0.25) is 0 Å². The van der Waals surface area contributed by atoms with E-state index in [1.54, 1.807) is 6.92 Å². The zero-order valence-electron chi connectivity index (χ0n) is 13.7. The van der Waals surface area contributed by atoms with E-state index in [2.05, 4.69) is 11.3 Å². The molecule has 0 saturated heterocycles. The monoisotopic (exact) mass is 339 g/mol. The fraction of sp³-hybridized carbons (Fsp3) is 0.824. The molecule has 0 aromatic carbocycles. The van der Waals surface area contributed by atoms with E-state index >= 15 is 0 Å². The average molecular weight is 339 g/mol. The molecule has 128 valence electrons. The molecule has 0 aromatic rings. The largest absolute Gasteiger partial charge is 0.457 e. The molecule has 4 rings (SSSR count). The van der Waals surface area contributed by atoms with Crippen molar-refractivity contribution < 1.29 is 17.9 Å². The van der Waals surface area contributed by atoms with Gasteiger partial charge in [-0.05, 0) is 62.2 Å². The third kappa shape index (κ3) is 2.37. The first kappa shape index (κ1) is 15.6. The van der Waals surface area contributed by atoms with Gasteiger partial charge < -0.3 is 4.74 Å². The summed E-state index contributed by atoms with van der Waals surface area (Å²) in [5.41, 5.74) is 0.371. The lowest BCUT2D eigenvalue weighted by Crippen LogP contribution is -2.54. The zero-order chi connectivity index (χ0) is 16.5. The van der Waals surface area contributed by atoms with E-state index in [1.807, 2.05) is 0 Å². The molecule has 4 fully saturated rings. The molecule has 1 N–H and O–H groups in total. The van der Waals surface area contributed by atoms with Crippen LogP contribution in [0.3, 0.4) is 0 Å². The molecule has 0 amide bonds. The molecule has 4 aliphatic carbocycles. The van der Waals surface area contributed by atoms with E-state index < -0.39 is 16.0 Å². The van der Waals surface area contributed by atoms with Crippen molar-refractivity contribution in [3.8, 4) is 0 Å². The lowest BCUT2D eigenvalue weighted by molar-refractivity contribution is -0.150. The van der Waals surface area contributed by atoms with Gasteiger partial charge in [-0.1, -0.05) is 6.58 Å². The van der Waals surface area contributed by atoms with Crippen molar-refractivity contribution in [1.82, 2.24) is 4.72 Å². The number of carbonyl (C=O) groups is 1. The predicted molar refractivity (Wildman–Crippen MR) is 85.9 cm³/mol. The summed E-state index contributed by atoms with van der Waals surface area (Å²) < 4.78 is 32.1. The number of fused-ring (bicyclic) bond motifs is 9. The van der Waals surface area contributed by atoms with E-state index in [1.165, 1.54) is 25.5 Å². The van der Waals surface area contributed by atoms with E-state index in [0.29, 0.717) is 29.2 Å². The predicted octanol–water partition coefficient (Wildman–Crippen LogP) is 1.70. The van der Waals surface area contributed by atoms with Gasteiger partial charge in [-0.25, -0.2) is 17.9 Å². The molecule has 8 atom stereocenters. The molecule has 0 radical (unpaired) electrons. The van der Waals surface area contributed by atoms with Crippen LogP contribution in [0, 0.1) is 35.5 Å². The van der Waals surface area contributed by atoms with E-state index in [0.717, 1.165) is 18.3 Å². The van der Waals surface area contributed by atoms with Gasteiger partial charge in [0.2, 0.25) is 10.0 Å². The number of esters is 1. The number of ether oxygens (including phenoxy) is 1.